The van der Waals surface area contributed by atoms with E-state index in [1.165, 1.54) is 0 Å². The van der Waals surface area contributed by atoms with Crippen LogP contribution < -0.4 is 0 Å². The molecule has 0 aliphatic heterocycles. The second-order valence-corrected chi connectivity index (χ2v) is 4.22. The van der Waals surface area contributed by atoms with Crippen LogP contribution in [0.15, 0.2) is 36.7 Å². The summed E-state index contributed by atoms with van der Waals surface area (Å²) in [6.45, 7) is 2.88. The fraction of sp³-hybridized carbons (Fsp3) is 0.385. The zero-order valence-corrected chi connectivity index (χ0v) is 10.2. The van der Waals surface area contributed by atoms with Crippen LogP contribution in [0.2, 0.25) is 0 Å². The highest BCUT2D eigenvalue weighted by Crippen LogP contribution is 2.12. The number of ether oxygens (including phenoxy) is 1. The molecule has 4 nitrogen and oxygen atoms in total. The summed E-state index contributed by atoms with van der Waals surface area (Å²) < 4.78 is 7.16. The number of para-hydroxylation sites is 1. The topological polar surface area (TPSA) is 39.9 Å². The van der Waals surface area contributed by atoms with E-state index in [1.54, 1.807) is 13.4 Å². The Bertz CT molecular complexity index is 453. The van der Waals surface area contributed by atoms with Crippen molar-refractivity contribution in [3.05, 3.63) is 42.5 Å². The Hall–Kier alpha value is -1.68. The maximum atomic E-state index is 5.14. The molecule has 2 rings (SSSR count). The van der Waals surface area contributed by atoms with Crippen molar-refractivity contribution in [2.45, 2.75) is 13.3 Å². The van der Waals surface area contributed by atoms with Gasteiger partial charge in [0.2, 0.25) is 0 Å². The molecule has 2 aromatic rings. The van der Waals surface area contributed by atoms with Gasteiger partial charge in [-0.2, -0.15) is 0 Å². The molecule has 1 atom stereocenters. The SMILES string of the molecule is COCC(C)Cc1nncn1-c1ccccc1. The molecule has 1 heterocycles. The van der Waals surface area contributed by atoms with Gasteiger partial charge in [-0.15, -0.1) is 10.2 Å². The van der Waals surface area contributed by atoms with E-state index < -0.39 is 0 Å². The van der Waals surface area contributed by atoms with Crippen molar-refractivity contribution in [2.24, 2.45) is 5.92 Å². The van der Waals surface area contributed by atoms with Gasteiger partial charge in [-0.3, -0.25) is 4.57 Å². The number of hydrogen-bond acceptors (Lipinski definition) is 3. The monoisotopic (exact) mass is 231 g/mol. The molecule has 1 unspecified atom stereocenters. The second kappa shape index (κ2) is 5.59. The van der Waals surface area contributed by atoms with Gasteiger partial charge < -0.3 is 4.74 Å². The van der Waals surface area contributed by atoms with Crippen LogP contribution in [0.3, 0.4) is 0 Å². The molecule has 17 heavy (non-hydrogen) atoms. The molecular formula is C13H17N3O. The van der Waals surface area contributed by atoms with Gasteiger partial charge in [0, 0.05) is 25.8 Å². The number of benzene rings is 1. The summed E-state index contributed by atoms with van der Waals surface area (Å²) >= 11 is 0. The van der Waals surface area contributed by atoms with Crippen LogP contribution in [-0.2, 0) is 11.2 Å². The predicted octanol–water partition coefficient (Wildman–Crippen LogP) is 2.09. The average molecular weight is 231 g/mol. The molecule has 0 saturated heterocycles. The van der Waals surface area contributed by atoms with Gasteiger partial charge in [0.1, 0.15) is 12.2 Å². The summed E-state index contributed by atoms with van der Waals surface area (Å²) in [5, 5.41) is 8.16. The lowest BCUT2D eigenvalue weighted by Crippen LogP contribution is -2.11. The Morgan fingerprint density at radius 3 is 2.76 bits per heavy atom. The molecule has 0 spiro atoms. The van der Waals surface area contributed by atoms with Gasteiger partial charge in [0.05, 0.1) is 0 Å². The van der Waals surface area contributed by atoms with Crippen LogP contribution in [0, 0.1) is 5.92 Å². The third-order valence-corrected chi connectivity index (χ3v) is 2.63. The number of aromatic nitrogens is 3. The van der Waals surface area contributed by atoms with Crippen molar-refractivity contribution in [1.29, 1.82) is 0 Å². The predicted molar refractivity (Wildman–Crippen MR) is 66.1 cm³/mol. The van der Waals surface area contributed by atoms with E-state index in [4.69, 9.17) is 4.74 Å². The minimum atomic E-state index is 0.437. The smallest absolute Gasteiger partial charge is 0.137 e. The fourth-order valence-electron chi connectivity index (χ4n) is 1.86. The zero-order valence-electron chi connectivity index (χ0n) is 10.2. The average Bonchev–Trinajstić information content (AvgIpc) is 2.78. The van der Waals surface area contributed by atoms with E-state index in [9.17, 15) is 0 Å². The van der Waals surface area contributed by atoms with Crippen molar-refractivity contribution < 1.29 is 4.74 Å². The van der Waals surface area contributed by atoms with Crippen LogP contribution in [-0.4, -0.2) is 28.5 Å². The maximum absolute atomic E-state index is 5.14. The number of hydrogen-bond donors (Lipinski definition) is 0. The molecule has 90 valence electrons. The van der Waals surface area contributed by atoms with Gasteiger partial charge in [0.25, 0.3) is 0 Å². The zero-order chi connectivity index (χ0) is 12.1. The standard InChI is InChI=1S/C13H17N3O/c1-11(9-17-2)8-13-15-14-10-16(13)12-6-4-3-5-7-12/h3-7,10-11H,8-9H2,1-2H3. The lowest BCUT2D eigenvalue weighted by atomic mass is 10.1. The summed E-state index contributed by atoms with van der Waals surface area (Å²) in [6, 6.07) is 10.1. The lowest BCUT2D eigenvalue weighted by molar-refractivity contribution is 0.158. The van der Waals surface area contributed by atoms with Crippen molar-refractivity contribution in [3.8, 4) is 5.69 Å². The molecule has 0 radical (unpaired) electrons. The first kappa shape index (κ1) is 11.8. The van der Waals surface area contributed by atoms with Gasteiger partial charge in [-0.05, 0) is 18.1 Å². The van der Waals surface area contributed by atoms with Crippen molar-refractivity contribution >= 4 is 0 Å². The first-order valence-electron chi connectivity index (χ1n) is 5.74. The Kier molecular flexibility index (Phi) is 3.88. The first-order valence-corrected chi connectivity index (χ1v) is 5.74. The molecule has 0 amide bonds. The summed E-state index contributed by atoms with van der Waals surface area (Å²) in [7, 11) is 1.72. The summed E-state index contributed by atoms with van der Waals surface area (Å²) in [4.78, 5) is 0. The Morgan fingerprint density at radius 1 is 1.29 bits per heavy atom. The van der Waals surface area contributed by atoms with Crippen molar-refractivity contribution in [1.82, 2.24) is 14.8 Å². The summed E-state index contributed by atoms with van der Waals surface area (Å²) in [5.41, 5.74) is 1.09. The lowest BCUT2D eigenvalue weighted by Gasteiger charge is -2.11. The number of nitrogens with zero attached hydrogens (tertiary/aromatic N) is 3. The van der Waals surface area contributed by atoms with Crippen LogP contribution in [0.1, 0.15) is 12.7 Å². The summed E-state index contributed by atoms with van der Waals surface area (Å²) in [5.74, 6) is 1.41. The van der Waals surface area contributed by atoms with Crippen LogP contribution in [0.5, 0.6) is 0 Å². The highest BCUT2D eigenvalue weighted by Gasteiger charge is 2.10. The van der Waals surface area contributed by atoms with E-state index in [0.29, 0.717) is 5.92 Å². The number of rotatable bonds is 5. The van der Waals surface area contributed by atoms with Crippen molar-refractivity contribution in [2.75, 3.05) is 13.7 Å². The Balaban J connectivity index is 2.18. The molecule has 0 aliphatic carbocycles. The minimum Gasteiger partial charge on any atom is -0.384 e. The molecule has 0 bridgehead atoms. The molecule has 0 fully saturated rings. The third-order valence-electron chi connectivity index (χ3n) is 2.63. The Morgan fingerprint density at radius 2 is 2.06 bits per heavy atom. The van der Waals surface area contributed by atoms with E-state index in [0.717, 1.165) is 24.5 Å². The molecule has 0 saturated carbocycles. The van der Waals surface area contributed by atoms with E-state index in [2.05, 4.69) is 17.1 Å². The van der Waals surface area contributed by atoms with E-state index in [-0.39, 0.29) is 0 Å². The van der Waals surface area contributed by atoms with Gasteiger partial charge >= 0.3 is 0 Å². The highest BCUT2D eigenvalue weighted by molar-refractivity contribution is 5.31. The maximum Gasteiger partial charge on any atom is 0.137 e. The number of methoxy groups -OCH3 is 1. The molecule has 1 aromatic carbocycles. The normalized spacial score (nSPS) is 12.6. The fourth-order valence-corrected chi connectivity index (χ4v) is 1.86. The highest BCUT2D eigenvalue weighted by atomic mass is 16.5. The van der Waals surface area contributed by atoms with Crippen LogP contribution in [0.4, 0.5) is 0 Å². The molecular weight excluding hydrogens is 214 g/mol. The van der Waals surface area contributed by atoms with Gasteiger partial charge in [-0.25, -0.2) is 0 Å². The quantitative estimate of drug-likeness (QED) is 0.791. The van der Waals surface area contributed by atoms with Gasteiger partial charge in [0.15, 0.2) is 0 Å². The van der Waals surface area contributed by atoms with Gasteiger partial charge in [-0.1, -0.05) is 25.1 Å². The minimum absolute atomic E-state index is 0.437. The second-order valence-electron chi connectivity index (χ2n) is 4.22. The largest absolute Gasteiger partial charge is 0.384 e. The molecule has 1 aromatic heterocycles. The van der Waals surface area contributed by atoms with Crippen molar-refractivity contribution in [3.63, 3.8) is 0 Å². The van der Waals surface area contributed by atoms with E-state index in [1.807, 2.05) is 34.9 Å². The molecule has 4 heteroatoms. The molecule has 0 N–H and O–H groups in total. The van der Waals surface area contributed by atoms with Crippen LogP contribution >= 0.6 is 0 Å². The third kappa shape index (κ3) is 2.91. The molecule has 0 aliphatic rings. The summed E-state index contributed by atoms with van der Waals surface area (Å²) in [6.07, 6.45) is 2.62. The Labute approximate surface area is 101 Å². The first-order chi connectivity index (χ1) is 8.31. The van der Waals surface area contributed by atoms with Crippen LogP contribution in [0.25, 0.3) is 5.69 Å². The van der Waals surface area contributed by atoms with E-state index >= 15 is 0 Å².